The molecule has 1 spiro atoms. The number of aliphatic hydroxyl groups excluding tert-OH is 13. The Bertz CT molecular complexity index is 1710. The SMILES string of the molecule is C=C1C[C@]23CC[C@@H]4[C@](C)(CCC[C@]4(C)C(=O)O[C@H]4O[C@@H](CO)[C@H](O)[C@@H](O)[C@@H]4O)[C@H]2CC[C@@]1(O[C@H]1O[C@@H](CO)[C@H](O)[C@@H](O[C@H]2O[C@@H](CO)[C@H](O)[C@@H](O)[C@@H]2O)[C@@H]1O[C@H]1OC[C@H](O)[C@@H](O)[C@@H]1O)C3. The molecule has 22 heteroatoms. The number of carbonyl (C=O) groups excluding carboxylic acids is 1. The van der Waals surface area contributed by atoms with Gasteiger partial charge >= 0.3 is 5.97 Å². The number of fused-ring (bicyclic) bond motifs is 3. The molecule has 0 aromatic rings. The molecule has 8 rings (SSSR count). The zero-order valence-electron chi connectivity index (χ0n) is 36.5. The Hall–Kier alpha value is -1.59. The first-order valence-corrected chi connectivity index (χ1v) is 22.8. The molecule has 4 saturated heterocycles. The molecule has 65 heavy (non-hydrogen) atoms. The van der Waals surface area contributed by atoms with Crippen molar-refractivity contribution in [1.82, 2.24) is 0 Å². The molecule has 25 atom stereocenters. The number of hydrogen-bond donors (Lipinski definition) is 13. The van der Waals surface area contributed by atoms with Crippen LogP contribution in [0, 0.1) is 28.1 Å². The maximum atomic E-state index is 14.3. The zero-order chi connectivity index (χ0) is 47.1. The van der Waals surface area contributed by atoms with E-state index >= 15 is 0 Å². The molecule has 4 saturated carbocycles. The first kappa shape index (κ1) is 49.8. The van der Waals surface area contributed by atoms with E-state index in [9.17, 15) is 71.2 Å². The Morgan fingerprint density at radius 2 is 1.18 bits per heavy atom. The van der Waals surface area contributed by atoms with Crippen molar-refractivity contribution in [2.75, 3.05) is 26.4 Å². The van der Waals surface area contributed by atoms with E-state index in [0.717, 1.165) is 12.0 Å². The molecule has 13 N–H and O–H groups in total. The molecule has 2 bridgehead atoms. The average molecular weight is 937 g/mol. The van der Waals surface area contributed by atoms with Gasteiger partial charge in [0.25, 0.3) is 0 Å². The molecule has 4 aliphatic carbocycles. The van der Waals surface area contributed by atoms with Gasteiger partial charge in [0, 0.05) is 0 Å². The fraction of sp³-hybridized carbons (Fsp3) is 0.930. The summed E-state index contributed by atoms with van der Waals surface area (Å²) in [6, 6.07) is 0. The second kappa shape index (κ2) is 18.6. The van der Waals surface area contributed by atoms with Crippen molar-refractivity contribution < 1.29 is 109 Å². The van der Waals surface area contributed by atoms with Crippen LogP contribution in [-0.2, 0) is 42.7 Å². The van der Waals surface area contributed by atoms with E-state index in [1.165, 1.54) is 0 Å². The normalized spacial score (nSPS) is 54.7. The number of hydrogen-bond acceptors (Lipinski definition) is 22. The van der Waals surface area contributed by atoms with Crippen molar-refractivity contribution in [3.63, 3.8) is 0 Å². The van der Waals surface area contributed by atoms with Crippen LogP contribution in [0.15, 0.2) is 12.2 Å². The van der Waals surface area contributed by atoms with Gasteiger partial charge in [0.15, 0.2) is 18.9 Å². The van der Waals surface area contributed by atoms with E-state index in [1.807, 2.05) is 6.92 Å². The number of aliphatic hydroxyl groups is 13. The molecule has 0 aromatic carbocycles. The third-order valence-corrected chi connectivity index (χ3v) is 16.7. The molecule has 8 fully saturated rings. The van der Waals surface area contributed by atoms with Crippen LogP contribution < -0.4 is 0 Å². The minimum Gasteiger partial charge on any atom is -0.432 e. The molecule has 0 unspecified atom stereocenters. The topological polar surface area (TPSA) is 354 Å². The van der Waals surface area contributed by atoms with Gasteiger partial charge in [-0.3, -0.25) is 4.79 Å². The fourth-order valence-electron chi connectivity index (χ4n) is 13.2. The van der Waals surface area contributed by atoms with E-state index in [1.54, 1.807) is 0 Å². The predicted molar refractivity (Wildman–Crippen MR) is 213 cm³/mol. The van der Waals surface area contributed by atoms with Crippen LogP contribution in [0.25, 0.3) is 0 Å². The number of rotatable bonds is 11. The molecule has 4 heterocycles. The Morgan fingerprint density at radius 3 is 1.83 bits per heavy atom. The molecular weight excluding hydrogens is 868 g/mol. The monoisotopic (exact) mass is 936 g/mol. The van der Waals surface area contributed by atoms with E-state index in [4.69, 9.17) is 37.9 Å². The fourth-order valence-corrected chi connectivity index (χ4v) is 13.2. The van der Waals surface area contributed by atoms with Gasteiger partial charge in [-0.15, -0.1) is 0 Å². The molecule has 0 radical (unpaired) electrons. The molecule has 0 amide bonds. The van der Waals surface area contributed by atoms with E-state index in [0.29, 0.717) is 51.4 Å². The van der Waals surface area contributed by atoms with Crippen LogP contribution in [0.1, 0.15) is 71.6 Å². The summed E-state index contributed by atoms with van der Waals surface area (Å²) >= 11 is 0. The van der Waals surface area contributed by atoms with Crippen LogP contribution in [0.3, 0.4) is 0 Å². The summed E-state index contributed by atoms with van der Waals surface area (Å²) in [6.45, 7) is 5.86. The second-order valence-electron chi connectivity index (χ2n) is 20.4. The van der Waals surface area contributed by atoms with Crippen molar-refractivity contribution in [3.05, 3.63) is 12.2 Å². The predicted octanol–water partition coefficient (Wildman–Crippen LogP) is -4.47. The molecule has 4 aliphatic heterocycles. The lowest BCUT2D eigenvalue weighted by Crippen LogP contribution is -2.67. The highest BCUT2D eigenvalue weighted by atomic mass is 16.8. The van der Waals surface area contributed by atoms with Crippen molar-refractivity contribution in [2.24, 2.45) is 28.1 Å². The lowest BCUT2D eigenvalue weighted by atomic mass is 9.41. The summed E-state index contributed by atoms with van der Waals surface area (Å²) in [7, 11) is 0. The van der Waals surface area contributed by atoms with Gasteiger partial charge in [0.1, 0.15) is 91.6 Å². The highest BCUT2D eigenvalue weighted by Crippen LogP contribution is 2.73. The van der Waals surface area contributed by atoms with Gasteiger partial charge in [0.05, 0.1) is 37.4 Å². The van der Waals surface area contributed by atoms with Crippen LogP contribution in [0.5, 0.6) is 0 Å². The number of esters is 1. The van der Waals surface area contributed by atoms with Crippen LogP contribution in [-0.4, -0.2) is 221 Å². The molecule has 8 aliphatic rings. The van der Waals surface area contributed by atoms with Crippen LogP contribution in [0.2, 0.25) is 0 Å². The third kappa shape index (κ3) is 8.32. The average Bonchev–Trinajstić information content (AvgIpc) is 3.48. The van der Waals surface area contributed by atoms with Crippen molar-refractivity contribution >= 4 is 5.97 Å². The maximum Gasteiger partial charge on any atom is 0.314 e. The summed E-state index contributed by atoms with van der Waals surface area (Å²) in [4.78, 5) is 14.3. The van der Waals surface area contributed by atoms with Gasteiger partial charge in [-0.2, -0.15) is 0 Å². The maximum absolute atomic E-state index is 14.3. The van der Waals surface area contributed by atoms with E-state index in [2.05, 4.69) is 13.5 Å². The summed E-state index contributed by atoms with van der Waals surface area (Å²) in [5.41, 5.74) is -2.17. The molecule has 0 aromatic heterocycles. The smallest absolute Gasteiger partial charge is 0.314 e. The number of carbonyl (C=O) groups is 1. The summed E-state index contributed by atoms with van der Waals surface area (Å²) in [5.74, 6) is -0.744. The summed E-state index contributed by atoms with van der Waals surface area (Å²) < 4.78 is 48.1. The Kier molecular flexibility index (Phi) is 14.3. The van der Waals surface area contributed by atoms with Gasteiger partial charge in [-0.1, -0.05) is 19.9 Å². The van der Waals surface area contributed by atoms with Crippen LogP contribution in [0.4, 0.5) is 0 Å². The summed E-state index contributed by atoms with van der Waals surface area (Å²) in [6.07, 6.45) is -26.1. The van der Waals surface area contributed by atoms with Gasteiger partial charge in [-0.25, -0.2) is 0 Å². The van der Waals surface area contributed by atoms with Gasteiger partial charge in [0.2, 0.25) is 6.29 Å². The zero-order valence-corrected chi connectivity index (χ0v) is 36.5. The van der Waals surface area contributed by atoms with Crippen molar-refractivity contribution in [3.8, 4) is 0 Å². The van der Waals surface area contributed by atoms with Gasteiger partial charge in [-0.05, 0) is 86.5 Å². The Labute approximate surface area is 375 Å². The second-order valence-corrected chi connectivity index (χ2v) is 20.4. The Balaban J connectivity index is 1.05. The van der Waals surface area contributed by atoms with Crippen molar-refractivity contribution in [1.29, 1.82) is 0 Å². The number of ether oxygens (including phenoxy) is 8. The third-order valence-electron chi connectivity index (χ3n) is 16.7. The first-order valence-electron chi connectivity index (χ1n) is 22.8. The van der Waals surface area contributed by atoms with E-state index in [-0.39, 0.29) is 17.3 Å². The van der Waals surface area contributed by atoms with Gasteiger partial charge < -0.3 is 104 Å². The summed E-state index contributed by atoms with van der Waals surface area (Å²) in [5, 5.41) is 137. The standard InChI is InChI=1S/C43H68O22/c1-17-11-42-9-5-22-40(2,7-4-8-41(22,3)39(57)64-37-32(56)29(53)26(50)20(13-45)60-37)23(42)6-10-43(17,16-42)65-38-34(63-35-30(54)24(48)18(47)15-58-35)33(27(51)21(14-46)61-38)62-36-31(55)28(52)25(49)19(12-44)59-36/h18-38,44-56H,1,4-16H2,2-3H3/t18-,19-,20-,21-,22+,23+,24+,25-,26-,27-,28+,29+,30-,31-,32-,33+,34-,35+,36+,37+,38+,40-,41-,42-,43+/m0/s1. The molecule has 372 valence electrons. The van der Waals surface area contributed by atoms with Crippen molar-refractivity contribution in [2.45, 2.75) is 194 Å². The first-order chi connectivity index (χ1) is 30.7. The quantitative estimate of drug-likeness (QED) is 0.0528. The lowest BCUT2D eigenvalue weighted by Gasteiger charge is -2.64. The minimum atomic E-state index is -1.92. The van der Waals surface area contributed by atoms with Crippen LogP contribution >= 0.6 is 0 Å². The van der Waals surface area contributed by atoms with E-state index < -0.39 is 166 Å². The highest BCUT2D eigenvalue weighted by Gasteiger charge is 2.69. The highest BCUT2D eigenvalue weighted by molar-refractivity contribution is 5.77. The lowest BCUT2D eigenvalue weighted by molar-refractivity contribution is -0.395. The molecular formula is C43H68O22. The molecule has 22 nitrogen and oxygen atoms in total. The largest absolute Gasteiger partial charge is 0.432 e. The minimum absolute atomic E-state index is 0.0525. The Morgan fingerprint density at radius 1 is 0.631 bits per heavy atom.